The maximum atomic E-state index is 12.2. The van der Waals surface area contributed by atoms with E-state index in [9.17, 15) is 14.4 Å². The quantitative estimate of drug-likeness (QED) is 0.258. The molecular formula is C23H25BrN4O6. The number of anilines is 1. The number of para-hydroxylation sites is 1. The molecule has 3 amide bonds. The fourth-order valence-electron chi connectivity index (χ4n) is 3.12. The predicted octanol–water partition coefficient (Wildman–Crippen LogP) is 2.22. The van der Waals surface area contributed by atoms with Crippen molar-refractivity contribution < 1.29 is 28.6 Å². The molecule has 0 unspecified atom stereocenters. The summed E-state index contributed by atoms with van der Waals surface area (Å²) in [5, 5.41) is 9.06. The van der Waals surface area contributed by atoms with Gasteiger partial charge in [0.15, 0.2) is 18.1 Å². The number of amides is 3. The molecule has 2 aromatic rings. The molecule has 11 heteroatoms. The Labute approximate surface area is 205 Å². The number of hydrogen-bond acceptors (Lipinski definition) is 7. The Morgan fingerprint density at radius 3 is 2.71 bits per heavy atom. The SMILES string of the molecule is COc1cc(/C=N\NC(=O)C(=O)NC[C@@H]2CCCO2)cc(Br)c1OCC(=O)Nc1ccccc1. The van der Waals surface area contributed by atoms with Crippen molar-refractivity contribution >= 4 is 45.6 Å². The lowest BCUT2D eigenvalue weighted by Crippen LogP contribution is -2.41. The van der Waals surface area contributed by atoms with Crippen LogP contribution in [0.5, 0.6) is 11.5 Å². The first-order valence-electron chi connectivity index (χ1n) is 10.5. The lowest BCUT2D eigenvalue weighted by molar-refractivity contribution is -0.139. The number of nitrogens with one attached hydrogen (secondary N) is 3. The number of carbonyl (C=O) groups is 3. The average Bonchev–Trinajstić information content (AvgIpc) is 3.35. The Bertz CT molecular complexity index is 1040. The van der Waals surface area contributed by atoms with Gasteiger partial charge in [-0.25, -0.2) is 5.43 Å². The van der Waals surface area contributed by atoms with Crippen molar-refractivity contribution in [2.24, 2.45) is 5.10 Å². The van der Waals surface area contributed by atoms with Crippen molar-refractivity contribution in [2.75, 3.05) is 32.2 Å². The summed E-state index contributed by atoms with van der Waals surface area (Å²) in [6, 6.07) is 12.3. The van der Waals surface area contributed by atoms with E-state index in [1.165, 1.54) is 13.3 Å². The zero-order valence-electron chi connectivity index (χ0n) is 18.5. The first kappa shape index (κ1) is 25.2. The number of ether oxygens (including phenoxy) is 3. The van der Waals surface area contributed by atoms with Gasteiger partial charge in [-0.15, -0.1) is 0 Å². The molecule has 1 aliphatic rings. The van der Waals surface area contributed by atoms with Crippen molar-refractivity contribution in [3.8, 4) is 11.5 Å². The first-order chi connectivity index (χ1) is 16.5. The van der Waals surface area contributed by atoms with Crippen LogP contribution in [0, 0.1) is 0 Å². The number of nitrogens with zero attached hydrogens (tertiary/aromatic N) is 1. The summed E-state index contributed by atoms with van der Waals surface area (Å²) in [5.74, 6) is -1.32. The van der Waals surface area contributed by atoms with Crippen LogP contribution in [0.4, 0.5) is 5.69 Å². The molecule has 0 radical (unpaired) electrons. The van der Waals surface area contributed by atoms with Gasteiger partial charge in [-0.1, -0.05) is 18.2 Å². The highest BCUT2D eigenvalue weighted by Gasteiger charge is 2.19. The highest BCUT2D eigenvalue weighted by molar-refractivity contribution is 9.10. The third-order valence-electron chi connectivity index (χ3n) is 4.76. The second-order valence-electron chi connectivity index (χ2n) is 7.28. The highest BCUT2D eigenvalue weighted by Crippen LogP contribution is 2.36. The molecule has 1 atom stereocenters. The van der Waals surface area contributed by atoms with Gasteiger partial charge >= 0.3 is 11.8 Å². The molecule has 0 bridgehead atoms. The van der Waals surface area contributed by atoms with E-state index in [-0.39, 0.29) is 25.2 Å². The minimum Gasteiger partial charge on any atom is -0.493 e. The molecule has 1 saturated heterocycles. The number of rotatable bonds is 9. The van der Waals surface area contributed by atoms with Crippen LogP contribution >= 0.6 is 15.9 Å². The Morgan fingerprint density at radius 2 is 2.00 bits per heavy atom. The molecule has 0 aromatic heterocycles. The van der Waals surface area contributed by atoms with E-state index >= 15 is 0 Å². The van der Waals surface area contributed by atoms with Gasteiger partial charge in [-0.3, -0.25) is 14.4 Å². The Hall–Kier alpha value is -3.44. The van der Waals surface area contributed by atoms with Crippen LogP contribution in [0.1, 0.15) is 18.4 Å². The van der Waals surface area contributed by atoms with E-state index in [0.29, 0.717) is 33.8 Å². The molecule has 2 aromatic carbocycles. The fraction of sp³-hybridized carbons (Fsp3) is 0.304. The van der Waals surface area contributed by atoms with E-state index < -0.39 is 11.8 Å². The summed E-state index contributed by atoms with van der Waals surface area (Å²) in [5.41, 5.74) is 3.40. The largest absolute Gasteiger partial charge is 0.493 e. The van der Waals surface area contributed by atoms with Crippen molar-refractivity contribution in [1.29, 1.82) is 0 Å². The minimum atomic E-state index is -0.885. The zero-order chi connectivity index (χ0) is 24.3. The maximum Gasteiger partial charge on any atom is 0.329 e. The van der Waals surface area contributed by atoms with E-state index in [1.54, 1.807) is 24.3 Å². The van der Waals surface area contributed by atoms with E-state index in [1.807, 2.05) is 18.2 Å². The van der Waals surface area contributed by atoms with Gasteiger partial charge in [-0.05, 0) is 58.6 Å². The Kier molecular flexibility index (Phi) is 9.41. The topological polar surface area (TPSA) is 127 Å². The van der Waals surface area contributed by atoms with Crippen molar-refractivity contribution in [1.82, 2.24) is 10.7 Å². The monoisotopic (exact) mass is 532 g/mol. The highest BCUT2D eigenvalue weighted by atomic mass is 79.9. The molecule has 3 rings (SSSR count). The van der Waals surface area contributed by atoms with Crippen LogP contribution in [0.3, 0.4) is 0 Å². The molecule has 0 spiro atoms. The molecule has 3 N–H and O–H groups in total. The summed E-state index contributed by atoms with van der Waals surface area (Å²) < 4.78 is 16.9. The third kappa shape index (κ3) is 7.56. The van der Waals surface area contributed by atoms with Crippen LogP contribution in [-0.2, 0) is 19.1 Å². The van der Waals surface area contributed by atoms with Crippen LogP contribution in [0.2, 0.25) is 0 Å². The summed E-state index contributed by atoms with van der Waals surface area (Å²) in [6.45, 7) is 0.722. The molecular weight excluding hydrogens is 508 g/mol. The van der Waals surface area contributed by atoms with Crippen molar-refractivity contribution in [3.63, 3.8) is 0 Å². The molecule has 10 nitrogen and oxygen atoms in total. The lowest BCUT2D eigenvalue weighted by atomic mass is 10.2. The second-order valence-corrected chi connectivity index (χ2v) is 8.14. The van der Waals surface area contributed by atoms with Gasteiger partial charge in [0.2, 0.25) is 0 Å². The van der Waals surface area contributed by atoms with Crippen LogP contribution in [0.25, 0.3) is 0 Å². The minimum absolute atomic E-state index is 0.0600. The zero-order valence-corrected chi connectivity index (χ0v) is 20.1. The Balaban J connectivity index is 1.52. The molecule has 0 saturated carbocycles. The van der Waals surface area contributed by atoms with Gasteiger partial charge in [0.05, 0.1) is 23.9 Å². The molecule has 1 heterocycles. The van der Waals surface area contributed by atoms with Crippen molar-refractivity contribution in [2.45, 2.75) is 18.9 Å². The summed E-state index contributed by atoms with van der Waals surface area (Å²) >= 11 is 3.39. The predicted molar refractivity (Wildman–Crippen MR) is 129 cm³/mol. The number of carbonyl (C=O) groups excluding carboxylic acids is 3. The van der Waals surface area contributed by atoms with Gasteiger partial charge in [0.25, 0.3) is 5.91 Å². The normalized spacial score (nSPS) is 15.1. The van der Waals surface area contributed by atoms with Gasteiger partial charge in [0.1, 0.15) is 0 Å². The molecule has 180 valence electrons. The Morgan fingerprint density at radius 1 is 1.21 bits per heavy atom. The van der Waals surface area contributed by atoms with Gasteiger partial charge in [-0.2, -0.15) is 5.10 Å². The van der Waals surface area contributed by atoms with Crippen LogP contribution in [-0.4, -0.2) is 56.9 Å². The molecule has 34 heavy (non-hydrogen) atoms. The average molecular weight is 533 g/mol. The summed E-state index contributed by atoms with van der Waals surface area (Å²) in [6.07, 6.45) is 3.09. The summed E-state index contributed by atoms with van der Waals surface area (Å²) in [7, 11) is 1.46. The number of hydrogen-bond donors (Lipinski definition) is 3. The van der Waals surface area contributed by atoms with Crippen molar-refractivity contribution in [3.05, 3.63) is 52.5 Å². The number of halogens is 1. The molecule has 0 aliphatic carbocycles. The van der Waals surface area contributed by atoms with E-state index in [4.69, 9.17) is 14.2 Å². The lowest BCUT2D eigenvalue weighted by Gasteiger charge is -2.13. The number of benzene rings is 2. The number of hydrazone groups is 1. The maximum absolute atomic E-state index is 12.2. The molecule has 1 aliphatic heterocycles. The molecule has 1 fully saturated rings. The van der Waals surface area contributed by atoms with Crippen LogP contribution in [0.15, 0.2) is 52.0 Å². The third-order valence-corrected chi connectivity index (χ3v) is 5.35. The van der Waals surface area contributed by atoms with Gasteiger partial charge < -0.3 is 24.8 Å². The van der Waals surface area contributed by atoms with E-state index in [2.05, 4.69) is 37.1 Å². The van der Waals surface area contributed by atoms with Crippen LogP contribution < -0.4 is 25.5 Å². The standard InChI is InChI=1S/C23H25BrN4O6/c1-32-19-11-15(12-26-28-23(31)22(30)25-13-17-8-5-9-33-17)10-18(24)21(19)34-14-20(29)27-16-6-3-2-4-7-16/h2-4,6-7,10-12,17H,5,8-9,13-14H2,1H3,(H,25,30)(H,27,29)(H,28,31)/b26-12-/t17-/m0/s1. The van der Waals surface area contributed by atoms with E-state index in [0.717, 1.165) is 12.8 Å². The number of methoxy groups -OCH3 is 1. The van der Waals surface area contributed by atoms with Gasteiger partial charge in [0, 0.05) is 18.8 Å². The smallest absolute Gasteiger partial charge is 0.329 e. The first-order valence-corrected chi connectivity index (χ1v) is 11.3. The second kappa shape index (κ2) is 12.7. The fourth-order valence-corrected chi connectivity index (χ4v) is 3.69. The summed E-state index contributed by atoms with van der Waals surface area (Å²) in [4.78, 5) is 35.9.